The zero-order valence-electron chi connectivity index (χ0n) is 27.0. The van der Waals surface area contributed by atoms with Gasteiger partial charge in [-0.2, -0.15) is 5.06 Å². The number of hydrogen-bond donors (Lipinski definition) is 0. The first kappa shape index (κ1) is 27.4. The van der Waals surface area contributed by atoms with Crippen molar-refractivity contribution in [2.75, 3.05) is 9.96 Å². The van der Waals surface area contributed by atoms with E-state index in [0.29, 0.717) is 0 Å². The van der Waals surface area contributed by atoms with Crippen molar-refractivity contribution in [1.29, 1.82) is 0 Å². The lowest BCUT2D eigenvalue weighted by Gasteiger charge is -2.33. The fraction of sp³-hybridized carbons (Fsp3) is 0.0435. The van der Waals surface area contributed by atoms with Gasteiger partial charge in [0, 0.05) is 33.2 Å². The third kappa shape index (κ3) is 3.93. The molecule has 11 rings (SSSR count). The summed E-state index contributed by atoms with van der Waals surface area (Å²) in [6.07, 6.45) is -0.162. The minimum atomic E-state index is -0.162. The molecule has 8 aromatic rings. The van der Waals surface area contributed by atoms with Crippen molar-refractivity contribution >= 4 is 44.3 Å². The molecule has 0 aliphatic carbocycles. The van der Waals surface area contributed by atoms with Gasteiger partial charge in [-0.1, -0.05) is 121 Å². The van der Waals surface area contributed by atoms with Crippen LogP contribution in [0.15, 0.2) is 170 Å². The SMILES string of the molecule is c1ccc2c(c1)ON(c1cccc3ccccc13)c1ccc(-c3ccc4c(c3)C3c5ccccc5N(c5cccc6ccccc56)C3O4)cc1-2. The Hall–Kier alpha value is -6.52. The molecule has 0 saturated carbocycles. The zero-order chi connectivity index (χ0) is 32.8. The first-order chi connectivity index (χ1) is 24.8. The van der Waals surface area contributed by atoms with Gasteiger partial charge in [0.15, 0.2) is 12.0 Å². The van der Waals surface area contributed by atoms with Gasteiger partial charge in [-0.25, -0.2) is 0 Å². The summed E-state index contributed by atoms with van der Waals surface area (Å²) in [5.74, 6) is 1.88. The van der Waals surface area contributed by atoms with Crippen LogP contribution < -0.4 is 19.5 Å². The van der Waals surface area contributed by atoms with Gasteiger partial charge in [0.1, 0.15) is 5.75 Å². The van der Waals surface area contributed by atoms with E-state index in [4.69, 9.17) is 9.57 Å². The topological polar surface area (TPSA) is 24.9 Å². The van der Waals surface area contributed by atoms with Crippen molar-refractivity contribution in [3.63, 3.8) is 0 Å². The summed E-state index contributed by atoms with van der Waals surface area (Å²) < 4.78 is 6.86. The van der Waals surface area contributed by atoms with E-state index in [0.717, 1.165) is 50.5 Å². The molecule has 0 saturated heterocycles. The molecule has 2 unspecified atom stereocenters. The van der Waals surface area contributed by atoms with E-state index in [2.05, 4.69) is 169 Å². The average Bonchev–Trinajstić information content (AvgIpc) is 3.71. The van der Waals surface area contributed by atoms with Gasteiger partial charge in [-0.15, -0.1) is 0 Å². The van der Waals surface area contributed by atoms with Crippen LogP contribution >= 0.6 is 0 Å². The molecule has 2 atom stereocenters. The molecular weight excluding hydrogens is 613 g/mol. The predicted molar refractivity (Wildman–Crippen MR) is 203 cm³/mol. The summed E-state index contributed by atoms with van der Waals surface area (Å²) in [6, 6.07) is 60.5. The lowest BCUT2D eigenvalue weighted by atomic mass is 9.90. The predicted octanol–water partition coefficient (Wildman–Crippen LogP) is 11.8. The maximum atomic E-state index is 6.86. The average molecular weight is 643 g/mol. The van der Waals surface area contributed by atoms with Crippen LogP contribution in [-0.2, 0) is 0 Å². The van der Waals surface area contributed by atoms with Gasteiger partial charge < -0.3 is 14.5 Å². The third-order valence-electron chi connectivity index (χ3n) is 10.6. The molecule has 0 spiro atoms. The van der Waals surface area contributed by atoms with Crippen LogP contribution in [0, 0.1) is 0 Å². The Kier molecular flexibility index (Phi) is 5.75. The summed E-state index contributed by atoms with van der Waals surface area (Å²) in [5, 5.41) is 6.76. The number of ether oxygens (including phenoxy) is 1. The summed E-state index contributed by atoms with van der Waals surface area (Å²) in [4.78, 5) is 9.03. The highest BCUT2D eigenvalue weighted by molar-refractivity contribution is 6.00. The fourth-order valence-electron chi connectivity index (χ4n) is 8.33. The lowest BCUT2D eigenvalue weighted by Crippen LogP contribution is -2.32. The van der Waals surface area contributed by atoms with E-state index < -0.39 is 0 Å². The molecule has 3 aliphatic heterocycles. The van der Waals surface area contributed by atoms with E-state index in [1.54, 1.807) is 0 Å². The maximum absolute atomic E-state index is 6.86. The van der Waals surface area contributed by atoms with Gasteiger partial charge in [0.2, 0.25) is 0 Å². The second kappa shape index (κ2) is 10.5. The van der Waals surface area contributed by atoms with Crippen LogP contribution in [0.3, 0.4) is 0 Å². The third-order valence-corrected chi connectivity index (χ3v) is 10.6. The monoisotopic (exact) mass is 642 g/mol. The van der Waals surface area contributed by atoms with E-state index in [9.17, 15) is 0 Å². The van der Waals surface area contributed by atoms with Crippen LogP contribution in [0.4, 0.5) is 22.7 Å². The Bertz CT molecular complexity index is 2650. The number of para-hydroxylation sites is 2. The molecule has 0 amide bonds. The van der Waals surface area contributed by atoms with Crippen molar-refractivity contribution in [2.24, 2.45) is 0 Å². The van der Waals surface area contributed by atoms with Crippen LogP contribution in [0.25, 0.3) is 43.8 Å². The van der Waals surface area contributed by atoms with E-state index in [1.165, 1.54) is 38.7 Å². The first-order valence-electron chi connectivity index (χ1n) is 17.2. The molecule has 4 heteroatoms. The second-order valence-corrected chi connectivity index (χ2v) is 13.3. The van der Waals surface area contributed by atoms with Gasteiger partial charge in [-0.3, -0.25) is 0 Å². The number of nitrogens with zero attached hydrogens (tertiary/aromatic N) is 2. The molecule has 50 heavy (non-hydrogen) atoms. The Morgan fingerprint density at radius 3 is 1.92 bits per heavy atom. The summed E-state index contributed by atoms with van der Waals surface area (Å²) >= 11 is 0. The Labute approximate surface area is 289 Å². The molecule has 4 nitrogen and oxygen atoms in total. The molecular formula is C46H30N2O2. The van der Waals surface area contributed by atoms with Gasteiger partial charge in [0.25, 0.3) is 0 Å². The zero-order valence-corrected chi connectivity index (χ0v) is 27.0. The van der Waals surface area contributed by atoms with Gasteiger partial charge >= 0.3 is 0 Å². The molecule has 236 valence electrons. The minimum Gasteiger partial charge on any atom is -0.469 e. The van der Waals surface area contributed by atoms with Gasteiger partial charge in [-0.05, 0) is 76.0 Å². The van der Waals surface area contributed by atoms with Crippen molar-refractivity contribution < 1.29 is 9.57 Å². The maximum Gasteiger partial charge on any atom is 0.187 e. The van der Waals surface area contributed by atoms with Crippen LogP contribution in [0.2, 0.25) is 0 Å². The standard InChI is InChI=1S/C46H30N2O2/c1-3-15-33-29(11-1)13-9-20-39(33)47-40-19-7-5-18-36(40)45-38-28-32(24-26-43(38)49-46(45)47)31-23-25-42-37(27-31)35-17-6-8-22-44(35)50-48(42)41-21-10-14-30-12-2-4-16-34(30)41/h1-28,45-46H. The van der Waals surface area contributed by atoms with Crippen LogP contribution in [0.5, 0.6) is 11.5 Å². The highest BCUT2D eigenvalue weighted by Gasteiger charge is 2.47. The van der Waals surface area contributed by atoms with Crippen molar-refractivity contribution in [3.8, 4) is 33.8 Å². The molecule has 0 N–H and O–H groups in total. The van der Waals surface area contributed by atoms with E-state index in [1.807, 2.05) is 11.1 Å². The Balaban J connectivity index is 1.03. The number of benzene rings is 8. The number of fused-ring (bicyclic) bond motifs is 10. The summed E-state index contributed by atoms with van der Waals surface area (Å²) in [6.45, 7) is 0. The summed E-state index contributed by atoms with van der Waals surface area (Å²) in [7, 11) is 0. The molecule has 0 aromatic heterocycles. The normalized spacial score (nSPS) is 16.6. The second-order valence-electron chi connectivity index (χ2n) is 13.3. The highest BCUT2D eigenvalue weighted by atomic mass is 16.7. The van der Waals surface area contributed by atoms with E-state index in [-0.39, 0.29) is 12.1 Å². The number of anilines is 4. The quantitative estimate of drug-likeness (QED) is 0.191. The Morgan fingerprint density at radius 2 is 1.06 bits per heavy atom. The largest absolute Gasteiger partial charge is 0.469 e. The smallest absolute Gasteiger partial charge is 0.187 e. The number of rotatable bonds is 3. The van der Waals surface area contributed by atoms with Crippen LogP contribution in [0.1, 0.15) is 17.0 Å². The van der Waals surface area contributed by atoms with Crippen LogP contribution in [-0.4, -0.2) is 6.23 Å². The molecule has 0 bridgehead atoms. The first-order valence-corrected chi connectivity index (χ1v) is 17.2. The van der Waals surface area contributed by atoms with E-state index >= 15 is 0 Å². The van der Waals surface area contributed by atoms with Crippen molar-refractivity contribution in [1.82, 2.24) is 0 Å². The lowest BCUT2D eigenvalue weighted by molar-refractivity contribution is 0.234. The number of hydrogen-bond acceptors (Lipinski definition) is 4. The molecule has 3 heterocycles. The van der Waals surface area contributed by atoms with Crippen molar-refractivity contribution in [3.05, 3.63) is 181 Å². The molecule has 3 aliphatic rings. The fourth-order valence-corrected chi connectivity index (χ4v) is 8.33. The molecule has 0 radical (unpaired) electrons. The molecule has 8 aromatic carbocycles. The molecule has 0 fully saturated rings. The van der Waals surface area contributed by atoms with Gasteiger partial charge in [0.05, 0.1) is 23.0 Å². The summed E-state index contributed by atoms with van der Waals surface area (Å²) in [5.41, 5.74) is 11.5. The minimum absolute atomic E-state index is 0.0914. The van der Waals surface area contributed by atoms with Crippen molar-refractivity contribution in [2.45, 2.75) is 12.1 Å². The Morgan fingerprint density at radius 1 is 0.420 bits per heavy atom. The highest BCUT2D eigenvalue weighted by Crippen LogP contribution is 2.56.